The summed E-state index contributed by atoms with van der Waals surface area (Å²) in [6, 6.07) is 10.4. The van der Waals surface area contributed by atoms with E-state index in [0.717, 1.165) is 23.7 Å². The van der Waals surface area contributed by atoms with Crippen molar-refractivity contribution in [3.05, 3.63) is 60.2 Å². The number of aromatic nitrogens is 2. The van der Waals surface area contributed by atoms with Crippen molar-refractivity contribution in [1.82, 2.24) is 15.3 Å². The molecule has 2 aromatic rings. The highest BCUT2D eigenvalue weighted by Crippen LogP contribution is 2.10. The molecule has 0 fully saturated rings. The fourth-order valence-electron chi connectivity index (χ4n) is 1.76. The Labute approximate surface area is 135 Å². The zero-order valence-corrected chi connectivity index (χ0v) is 13.2. The lowest BCUT2D eigenvalue weighted by Gasteiger charge is -2.05. The second kappa shape index (κ2) is 9.68. The molecule has 0 unspecified atom stereocenters. The van der Waals surface area contributed by atoms with Gasteiger partial charge in [-0.05, 0) is 11.6 Å². The molecule has 0 atom stereocenters. The smallest absolute Gasteiger partial charge is 0.188 e. The van der Waals surface area contributed by atoms with E-state index in [1.807, 2.05) is 30.0 Å². The van der Waals surface area contributed by atoms with Crippen LogP contribution in [-0.2, 0) is 5.75 Å². The molecule has 6 heteroatoms. The van der Waals surface area contributed by atoms with Gasteiger partial charge in [0.2, 0.25) is 0 Å². The SMILES string of the molecule is NC(=NC/C=C/c1cnc[nH]1)NCCSCc1ccccc1. The molecule has 116 valence electrons. The van der Waals surface area contributed by atoms with Crippen LogP contribution >= 0.6 is 11.8 Å². The van der Waals surface area contributed by atoms with E-state index in [-0.39, 0.29) is 0 Å². The number of hydrogen-bond donors (Lipinski definition) is 3. The molecule has 0 radical (unpaired) electrons. The lowest BCUT2D eigenvalue weighted by molar-refractivity contribution is 0.952. The molecular weight excluding hydrogens is 294 g/mol. The number of nitrogens with one attached hydrogen (secondary N) is 2. The number of nitrogens with zero attached hydrogens (tertiary/aromatic N) is 2. The predicted octanol–water partition coefficient (Wildman–Crippen LogP) is 2.26. The molecule has 0 amide bonds. The first-order chi connectivity index (χ1) is 10.8. The molecule has 5 nitrogen and oxygen atoms in total. The third kappa shape index (κ3) is 6.49. The van der Waals surface area contributed by atoms with Crippen LogP contribution in [0.15, 0.2) is 53.9 Å². The molecule has 0 aliphatic heterocycles. The first kappa shape index (κ1) is 16.2. The van der Waals surface area contributed by atoms with Crippen molar-refractivity contribution in [3.8, 4) is 0 Å². The minimum Gasteiger partial charge on any atom is -0.370 e. The Bertz CT molecular complexity index is 578. The van der Waals surface area contributed by atoms with Crippen LogP contribution in [0.25, 0.3) is 6.08 Å². The second-order valence-electron chi connectivity index (χ2n) is 4.60. The van der Waals surface area contributed by atoms with Crippen LogP contribution in [0.2, 0.25) is 0 Å². The molecule has 1 heterocycles. The van der Waals surface area contributed by atoms with Crippen LogP contribution in [0.5, 0.6) is 0 Å². The van der Waals surface area contributed by atoms with E-state index in [2.05, 4.69) is 44.5 Å². The normalized spacial score (nSPS) is 11.9. The van der Waals surface area contributed by atoms with E-state index >= 15 is 0 Å². The van der Waals surface area contributed by atoms with Crippen molar-refractivity contribution in [2.24, 2.45) is 10.7 Å². The van der Waals surface area contributed by atoms with Gasteiger partial charge in [0.1, 0.15) is 0 Å². The van der Waals surface area contributed by atoms with E-state index in [9.17, 15) is 0 Å². The van der Waals surface area contributed by atoms with Crippen LogP contribution in [-0.4, -0.2) is 34.8 Å². The molecule has 0 bridgehead atoms. The average Bonchev–Trinajstić information content (AvgIpc) is 3.06. The number of aromatic amines is 1. The second-order valence-corrected chi connectivity index (χ2v) is 5.71. The summed E-state index contributed by atoms with van der Waals surface area (Å²) in [4.78, 5) is 11.2. The maximum absolute atomic E-state index is 5.80. The van der Waals surface area contributed by atoms with Crippen LogP contribution in [0, 0.1) is 0 Å². The number of benzene rings is 1. The Hall–Kier alpha value is -2.21. The van der Waals surface area contributed by atoms with Gasteiger partial charge >= 0.3 is 0 Å². The zero-order valence-electron chi connectivity index (χ0n) is 12.4. The predicted molar refractivity (Wildman–Crippen MR) is 94.7 cm³/mol. The molecule has 0 aliphatic rings. The topological polar surface area (TPSA) is 79.1 Å². The minimum absolute atomic E-state index is 0.481. The van der Waals surface area contributed by atoms with Crippen LogP contribution in [0.3, 0.4) is 0 Å². The minimum atomic E-state index is 0.481. The van der Waals surface area contributed by atoms with E-state index in [1.54, 1.807) is 12.5 Å². The average molecular weight is 315 g/mol. The molecule has 0 saturated carbocycles. The number of nitrogens with two attached hydrogens (primary N) is 1. The maximum atomic E-state index is 5.80. The van der Waals surface area contributed by atoms with Gasteiger partial charge < -0.3 is 16.0 Å². The van der Waals surface area contributed by atoms with Gasteiger partial charge in [0.25, 0.3) is 0 Å². The summed E-state index contributed by atoms with van der Waals surface area (Å²) in [5.74, 6) is 2.50. The fraction of sp³-hybridized carbons (Fsp3) is 0.250. The highest BCUT2D eigenvalue weighted by molar-refractivity contribution is 7.98. The van der Waals surface area contributed by atoms with Gasteiger partial charge in [-0.1, -0.05) is 36.4 Å². The molecule has 4 N–H and O–H groups in total. The van der Waals surface area contributed by atoms with Gasteiger partial charge in [-0.3, -0.25) is 0 Å². The quantitative estimate of drug-likeness (QED) is 0.397. The Morgan fingerprint density at radius 3 is 3.00 bits per heavy atom. The highest BCUT2D eigenvalue weighted by atomic mass is 32.2. The van der Waals surface area contributed by atoms with Crippen molar-refractivity contribution in [1.29, 1.82) is 0 Å². The molecule has 1 aromatic carbocycles. The summed E-state index contributed by atoms with van der Waals surface area (Å²) in [6.07, 6.45) is 7.27. The highest BCUT2D eigenvalue weighted by Gasteiger charge is 1.94. The first-order valence-corrected chi connectivity index (χ1v) is 8.30. The molecule has 1 aromatic heterocycles. The van der Waals surface area contributed by atoms with Crippen molar-refractivity contribution in [2.75, 3.05) is 18.8 Å². The number of rotatable bonds is 8. The largest absolute Gasteiger partial charge is 0.370 e. The number of aliphatic imine (C=N–C) groups is 1. The fourth-order valence-corrected chi connectivity index (χ4v) is 2.58. The van der Waals surface area contributed by atoms with Crippen molar-refractivity contribution in [2.45, 2.75) is 5.75 Å². The van der Waals surface area contributed by atoms with Crippen LogP contribution in [0.1, 0.15) is 11.3 Å². The summed E-state index contributed by atoms with van der Waals surface area (Å²) in [5.41, 5.74) is 8.10. The van der Waals surface area contributed by atoms with E-state index in [1.165, 1.54) is 5.56 Å². The molecule has 0 saturated heterocycles. The molecular formula is C16H21N5S. The lowest BCUT2D eigenvalue weighted by Crippen LogP contribution is -2.33. The van der Waals surface area contributed by atoms with Crippen molar-refractivity contribution < 1.29 is 0 Å². The number of hydrogen-bond acceptors (Lipinski definition) is 3. The number of thioether (sulfide) groups is 1. The van der Waals surface area contributed by atoms with Gasteiger partial charge in [-0.2, -0.15) is 11.8 Å². The number of H-pyrrole nitrogens is 1. The summed E-state index contributed by atoms with van der Waals surface area (Å²) in [5, 5.41) is 3.12. The summed E-state index contributed by atoms with van der Waals surface area (Å²) < 4.78 is 0. The standard InChI is InChI=1S/C16H21N5S/c17-16(19-8-4-7-15-11-18-13-21-15)20-9-10-22-12-14-5-2-1-3-6-14/h1-7,11,13H,8-10,12H2,(H,18,21)(H3,17,19,20)/b7-4+. The van der Waals surface area contributed by atoms with Crippen molar-refractivity contribution >= 4 is 23.8 Å². The third-order valence-corrected chi connectivity index (χ3v) is 3.88. The molecule has 0 aliphatic carbocycles. The Morgan fingerprint density at radius 1 is 1.36 bits per heavy atom. The van der Waals surface area contributed by atoms with Gasteiger partial charge in [-0.25, -0.2) is 9.98 Å². The van der Waals surface area contributed by atoms with E-state index < -0.39 is 0 Å². The number of guanidine groups is 1. The Kier molecular flexibility index (Phi) is 7.11. The number of imidazole rings is 1. The monoisotopic (exact) mass is 315 g/mol. The molecule has 22 heavy (non-hydrogen) atoms. The van der Waals surface area contributed by atoms with Crippen LogP contribution in [0.4, 0.5) is 0 Å². The Balaban J connectivity index is 1.55. The summed E-state index contributed by atoms with van der Waals surface area (Å²) >= 11 is 1.88. The lowest BCUT2D eigenvalue weighted by atomic mass is 10.2. The van der Waals surface area contributed by atoms with Gasteiger partial charge in [0, 0.05) is 18.1 Å². The van der Waals surface area contributed by atoms with Crippen LogP contribution < -0.4 is 11.1 Å². The van der Waals surface area contributed by atoms with E-state index in [4.69, 9.17) is 5.73 Å². The maximum Gasteiger partial charge on any atom is 0.188 e. The van der Waals surface area contributed by atoms with Gasteiger partial charge in [-0.15, -0.1) is 0 Å². The third-order valence-electron chi connectivity index (χ3n) is 2.85. The summed E-state index contributed by atoms with van der Waals surface area (Å²) in [7, 11) is 0. The molecule has 2 rings (SSSR count). The zero-order chi connectivity index (χ0) is 15.5. The molecule has 0 spiro atoms. The van der Waals surface area contributed by atoms with E-state index in [0.29, 0.717) is 12.5 Å². The Morgan fingerprint density at radius 2 is 2.23 bits per heavy atom. The first-order valence-electron chi connectivity index (χ1n) is 7.15. The summed E-state index contributed by atoms with van der Waals surface area (Å²) in [6.45, 7) is 1.37. The van der Waals surface area contributed by atoms with Gasteiger partial charge in [0.15, 0.2) is 5.96 Å². The van der Waals surface area contributed by atoms with Gasteiger partial charge in [0.05, 0.1) is 24.8 Å². The van der Waals surface area contributed by atoms with Crippen molar-refractivity contribution in [3.63, 3.8) is 0 Å².